The molecule has 0 amide bonds. The largest absolute Gasteiger partial charge is 0.379 e. The summed E-state index contributed by atoms with van der Waals surface area (Å²) in [6.45, 7) is 1.63. The standard InChI is InChI=1S/C12H15FIN3O2/c13-9-6-11(12(17(18)19)7-10(9)14)16-5-3-8-2-1-4-15-8/h6-8,15-16H,1-5H2/t8-/m1/s1. The molecule has 1 aromatic rings. The van der Waals surface area contributed by atoms with Crippen LogP contribution in [0.4, 0.5) is 15.8 Å². The van der Waals surface area contributed by atoms with Crippen molar-refractivity contribution >= 4 is 34.0 Å². The summed E-state index contributed by atoms with van der Waals surface area (Å²) in [6, 6.07) is 2.91. The highest BCUT2D eigenvalue weighted by atomic mass is 127. The second-order valence-corrected chi connectivity index (χ2v) is 5.71. The van der Waals surface area contributed by atoms with Crippen molar-refractivity contribution in [2.75, 3.05) is 18.4 Å². The molecule has 1 heterocycles. The molecule has 0 radical (unpaired) electrons. The summed E-state index contributed by atoms with van der Waals surface area (Å²) in [5.41, 5.74) is 0.172. The van der Waals surface area contributed by atoms with Gasteiger partial charge in [-0.25, -0.2) is 4.39 Å². The zero-order chi connectivity index (χ0) is 13.8. The smallest absolute Gasteiger partial charge is 0.293 e. The molecule has 7 heteroatoms. The van der Waals surface area contributed by atoms with E-state index in [1.165, 1.54) is 18.6 Å². The maximum absolute atomic E-state index is 13.5. The fourth-order valence-corrected chi connectivity index (χ4v) is 2.66. The van der Waals surface area contributed by atoms with Gasteiger partial charge in [-0.15, -0.1) is 0 Å². The van der Waals surface area contributed by atoms with Crippen LogP contribution in [0.3, 0.4) is 0 Å². The fourth-order valence-electron chi connectivity index (χ4n) is 2.21. The van der Waals surface area contributed by atoms with Crippen molar-refractivity contribution in [1.29, 1.82) is 0 Å². The Labute approximate surface area is 124 Å². The quantitative estimate of drug-likeness (QED) is 0.469. The van der Waals surface area contributed by atoms with Crippen molar-refractivity contribution in [1.82, 2.24) is 5.32 Å². The van der Waals surface area contributed by atoms with E-state index in [2.05, 4.69) is 10.6 Å². The molecule has 0 spiro atoms. The third-order valence-corrected chi connectivity index (χ3v) is 4.03. The normalized spacial score (nSPS) is 18.5. The van der Waals surface area contributed by atoms with E-state index in [4.69, 9.17) is 0 Å². The van der Waals surface area contributed by atoms with E-state index >= 15 is 0 Å². The third kappa shape index (κ3) is 3.75. The van der Waals surface area contributed by atoms with Crippen LogP contribution in [0.25, 0.3) is 0 Å². The van der Waals surface area contributed by atoms with Crippen LogP contribution in [0.2, 0.25) is 0 Å². The molecule has 5 nitrogen and oxygen atoms in total. The van der Waals surface area contributed by atoms with E-state index in [-0.39, 0.29) is 14.9 Å². The van der Waals surface area contributed by atoms with Gasteiger partial charge < -0.3 is 10.6 Å². The molecule has 1 aromatic carbocycles. The van der Waals surface area contributed by atoms with Gasteiger partial charge in [0.2, 0.25) is 0 Å². The molecule has 0 unspecified atom stereocenters. The lowest BCUT2D eigenvalue weighted by Crippen LogP contribution is -2.24. The molecule has 1 fully saturated rings. The van der Waals surface area contributed by atoms with Crippen LogP contribution in [0.5, 0.6) is 0 Å². The molecule has 19 heavy (non-hydrogen) atoms. The molecule has 0 saturated carbocycles. The van der Waals surface area contributed by atoms with Crippen molar-refractivity contribution < 1.29 is 9.31 Å². The van der Waals surface area contributed by atoms with Crippen molar-refractivity contribution in [3.8, 4) is 0 Å². The summed E-state index contributed by atoms with van der Waals surface area (Å²) in [5, 5.41) is 17.2. The maximum Gasteiger partial charge on any atom is 0.293 e. The number of hydrogen-bond donors (Lipinski definition) is 2. The fraction of sp³-hybridized carbons (Fsp3) is 0.500. The van der Waals surface area contributed by atoms with Gasteiger partial charge >= 0.3 is 0 Å². The number of anilines is 1. The monoisotopic (exact) mass is 379 g/mol. The zero-order valence-corrected chi connectivity index (χ0v) is 12.4. The molecular weight excluding hydrogens is 364 g/mol. The molecular formula is C12H15FIN3O2. The molecule has 2 N–H and O–H groups in total. The van der Waals surface area contributed by atoms with Crippen LogP contribution < -0.4 is 10.6 Å². The number of nitrogens with zero attached hydrogens (tertiary/aromatic N) is 1. The van der Waals surface area contributed by atoms with Gasteiger partial charge in [-0.3, -0.25) is 10.1 Å². The van der Waals surface area contributed by atoms with Crippen LogP contribution >= 0.6 is 22.6 Å². The minimum Gasteiger partial charge on any atom is -0.379 e. The van der Waals surface area contributed by atoms with Crippen molar-refractivity contribution in [3.05, 3.63) is 31.6 Å². The molecule has 0 bridgehead atoms. The van der Waals surface area contributed by atoms with Crippen LogP contribution in [-0.4, -0.2) is 24.1 Å². The Morgan fingerprint density at radius 3 is 3.00 bits per heavy atom. The van der Waals surface area contributed by atoms with Gasteiger partial charge in [0, 0.05) is 24.7 Å². The van der Waals surface area contributed by atoms with Gasteiger partial charge in [0.05, 0.1) is 8.49 Å². The Bertz CT molecular complexity index is 478. The van der Waals surface area contributed by atoms with Crippen molar-refractivity contribution in [2.24, 2.45) is 0 Å². The van der Waals surface area contributed by atoms with E-state index in [0.717, 1.165) is 19.4 Å². The number of nitro benzene ring substituents is 1. The van der Waals surface area contributed by atoms with Gasteiger partial charge in [0.1, 0.15) is 11.5 Å². The molecule has 2 rings (SSSR count). The first kappa shape index (κ1) is 14.4. The van der Waals surface area contributed by atoms with Gasteiger partial charge in [-0.1, -0.05) is 0 Å². The highest BCUT2D eigenvalue weighted by Gasteiger charge is 2.18. The number of hydrogen-bond acceptors (Lipinski definition) is 4. The Balaban J connectivity index is 2.01. The Morgan fingerprint density at radius 1 is 1.58 bits per heavy atom. The minimum atomic E-state index is -0.488. The summed E-state index contributed by atoms with van der Waals surface area (Å²) in [4.78, 5) is 10.4. The highest BCUT2D eigenvalue weighted by Crippen LogP contribution is 2.28. The summed E-state index contributed by atoms with van der Waals surface area (Å²) < 4.78 is 13.7. The van der Waals surface area contributed by atoms with Crippen molar-refractivity contribution in [2.45, 2.75) is 25.3 Å². The second-order valence-electron chi connectivity index (χ2n) is 4.55. The maximum atomic E-state index is 13.5. The third-order valence-electron chi connectivity index (χ3n) is 3.21. The first-order valence-corrected chi connectivity index (χ1v) is 7.26. The highest BCUT2D eigenvalue weighted by molar-refractivity contribution is 14.1. The van der Waals surface area contributed by atoms with Crippen LogP contribution in [0, 0.1) is 19.5 Å². The van der Waals surface area contributed by atoms with Gasteiger partial charge in [0.25, 0.3) is 5.69 Å². The van der Waals surface area contributed by atoms with E-state index in [0.29, 0.717) is 12.6 Å². The molecule has 104 valence electrons. The molecule has 1 aliphatic rings. The number of nitro groups is 1. The van der Waals surface area contributed by atoms with E-state index in [1.807, 2.05) is 0 Å². The first-order chi connectivity index (χ1) is 9.08. The molecule has 0 aromatic heterocycles. The number of halogens is 2. The lowest BCUT2D eigenvalue weighted by atomic mass is 10.1. The Hall–Kier alpha value is -0.960. The molecule has 1 saturated heterocycles. The number of benzene rings is 1. The predicted molar refractivity (Wildman–Crippen MR) is 79.9 cm³/mol. The predicted octanol–water partition coefficient (Wildman–Crippen LogP) is 2.89. The second kappa shape index (κ2) is 6.47. The Kier molecular flexibility index (Phi) is 4.92. The number of rotatable bonds is 5. The van der Waals surface area contributed by atoms with Crippen LogP contribution in [0.15, 0.2) is 12.1 Å². The SMILES string of the molecule is O=[N+]([O-])c1cc(I)c(F)cc1NCC[C@H]1CCCN1. The van der Waals surface area contributed by atoms with Gasteiger partial charge in [0.15, 0.2) is 0 Å². The Morgan fingerprint density at radius 2 is 2.37 bits per heavy atom. The topological polar surface area (TPSA) is 67.2 Å². The molecule has 1 aliphatic heterocycles. The minimum absolute atomic E-state index is 0.0785. The summed E-state index contributed by atoms with van der Waals surface area (Å²) in [6.07, 6.45) is 3.18. The first-order valence-electron chi connectivity index (χ1n) is 6.18. The lowest BCUT2D eigenvalue weighted by Gasteiger charge is -2.12. The average Bonchev–Trinajstić information content (AvgIpc) is 2.86. The van der Waals surface area contributed by atoms with Crippen molar-refractivity contribution in [3.63, 3.8) is 0 Å². The summed E-state index contributed by atoms with van der Waals surface area (Å²) >= 11 is 1.75. The van der Waals surface area contributed by atoms with Gasteiger partial charge in [-0.2, -0.15) is 0 Å². The van der Waals surface area contributed by atoms with E-state index in [1.54, 1.807) is 22.6 Å². The van der Waals surface area contributed by atoms with Crippen LogP contribution in [0.1, 0.15) is 19.3 Å². The van der Waals surface area contributed by atoms with Gasteiger partial charge in [-0.05, 0) is 48.4 Å². The average molecular weight is 379 g/mol. The summed E-state index contributed by atoms with van der Waals surface area (Å²) in [7, 11) is 0. The van der Waals surface area contributed by atoms with Crippen LogP contribution in [-0.2, 0) is 0 Å². The molecule has 0 aliphatic carbocycles. The molecule has 1 atom stereocenters. The number of nitrogens with one attached hydrogen (secondary N) is 2. The van der Waals surface area contributed by atoms with E-state index in [9.17, 15) is 14.5 Å². The lowest BCUT2D eigenvalue weighted by molar-refractivity contribution is -0.384. The van der Waals surface area contributed by atoms with E-state index < -0.39 is 10.7 Å². The summed E-state index contributed by atoms with van der Waals surface area (Å²) in [5.74, 6) is -0.437. The zero-order valence-electron chi connectivity index (χ0n) is 10.3.